The minimum absolute atomic E-state index is 0.109. The number of benzene rings is 1. The Morgan fingerprint density at radius 3 is 2.80 bits per heavy atom. The van der Waals surface area contributed by atoms with Crippen molar-refractivity contribution in [2.45, 2.75) is 6.92 Å². The van der Waals surface area contributed by atoms with Gasteiger partial charge < -0.3 is 14.6 Å². The molecule has 0 unspecified atom stereocenters. The van der Waals surface area contributed by atoms with Crippen molar-refractivity contribution in [3.8, 4) is 5.75 Å². The summed E-state index contributed by atoms with van der Waals surface area (Å²) in [4.78, 5) is 17.8. The van der Waals surface area contributed by atoms with Crippen LogP contribution in [-0.2, 0) is 0 Å². The van der Waals surface area contributed by atoms with Crippen LogP contribution in [0.2, 0.25) is 0 Å². The highest BCUT2D eigenvalue weighted by Crippen LogP contribution is 2.27. The van der Waals surface area contributed by atoms with Crippen LogP contribution in [0.4, 0.5) is 0 Å². The van der Waals surface area contributed by atoms with Crippen LogP contribution in [0.3, 0.4) is 0 Å². The molecule has 1 amide bonds. The molecule has 0 saturated carbocycles. The van der Waals surface area contributed by atoms with Gasteiger partial charge in [-0.05, 0) is 30.7 Å². The molecule has 2 aromatic rings. The summed E-state index contributed by atoms with van der Waals surface area (Å²) in [6.45, 7) is 3.66. The summed E-state index contributed by atoms with van der Waals surface area (Å²) in [6, 6.07) is 5.85. The Balaban J connectivity index is 1.98. The lowest BCUT2D eigenvalue weighted by Gasteiger charge is -2.26. The summed E-state index contributed by atoms with van der Waals surface area (Å²) in [5.41, 5.74) is 2.69. The lowest BCUT2D eigenvalue weighted by molar-refractivity contribution is 0.0766. The number of hydrogen-bond donors (Lipinski definition) is 1. The summed E-state index contributed by atoms with van der Waals surface area (Å²) < 4.78 is 5.25. The first kappa shape index (κ1) is 13.4. The van der Waals surface area contributed by atoms with Crippen molar-refractivity contribution in [3.63, 3.8) is 0 Å². The molecule has 106 valence electrons. The van der Waals surface area contributed by atoms with E-state index in [1.165, 1.54) is 0 Å². The van der Waals surface area contributed by atoms with Gasteiger partial charge in [0.15, 0.2) is 0 Å². The number of H-pyrrole nitrogens is 1. The van der Waals surface area contributed by atoms with Crippen molar-refractivity contribution in [1.82, 2.24) is 9.88 Å². The molecule has 1 aliphatic heterocycles. The first-order valence-corrected chi connectivity index (χ1v) is 7.89. The molecule has 0 aliphatic carbocycles. The number of carbonyl (C=O) groups is 1. The van der Waals surface area contributed by atoms with Crippen LogP contribution >= 0.6 is 11.8 Å². The average molecular weight is 290 g/mol. The van der Waals surface area contributed by atoms with E-state index in [0.29, 0.717) is 5.69 Å². The molecule has 3 rings (SSSR count). The van der Waals surface area contributed by atoms with E-state index in [0.717, 1.165) is 46.8 Å². The molecule has 5 heteroatoms. The number of ether oxygens (including phenoxy) is 1. The molecule has 1 N–H and O–H groups in total. The van der Waals surface area contributed by atoms with E-state index in [2.05, 4.69) is 4.98 Å². The SMILES string of the molecule is COc1ccc2[nH]c(C(=O)N3CCSCC3)c(C)c2c1. The van der Waals surface area contributed by atoms with E-state index in [-0.39, 0.29) is 5.91 Å². The van der Waals surface area contributed by atoms with Crippen LogP contribution in [0, 0.1) is 6.92 Å². The number of aryl methyl sites for hydroxylation is 1. The number of hydrogen-bond acceptors (Lipinski definition) is 3. The first-order chi connectivity index (χ1) is 9.70. The second kappa shape index (κ2) is 5.40. The standard InChI is InChI=1S/C15H18N2O2S/c1-10-12-9-11(19-2)3-4-13(12)16-14(10)15(18)17-5-7-20-8-6-17/h3-4,9,16H,5-8H2,1-2H3. The van der Waals surface area contributed by atoms with E-state index >= 15 is 0 Å². The number of aromatic amines is 1. The minimum Gasteiger partial charge on any atom is -0.497 e. The van der Waals surface area contributed by atoms with Crippen LogP contribution in [-0.4, -0.2) is 47.5 Å². The van der Waals surface area contributed by atoms with Crippen LogP contribution < -0.4 is 4.74 Å². The Morgan fingerprint density at radius 2 is 2.10 bits per heavy atom. The molecule has 0 spiro atoms. The lowest BCUT2D eigenvalue weighted by atomic mass is 10.1. The third-order valence-corrected chi connectivity index (χ3v) is 4.72. The van der Waals surface area contributed by atoms with Crippen LogP contribution in [0.25, 0.3) is 10.9 Å². The summed E-state index contributed by atoms with van der Waals surface area (Å²) in [5.74, 6) is 2.98. The topological polar surface area (TPSA) is 45.3 Å². The van der Waals surface area contributed by atoms with E-state index in [9.17, 15) is 4.79 Å². The maximum absolute atomic E-state index is 12.6. The fourth-order valence-corrected chi connectivity index (χ4v) is 3.47. The summed E-state index contributed by atoms with van der Waals surface area (Å²) in [6.07, 6.45) is 0. The van der Waals surface area contributed by atoms with Gasteiger partial charge in [-0.15, -0.1) is 0 Å². The first-order valence-electron chi connectivity index (χ1n) is 6.74. The van der Waals surface area contributed by atoms with E-state index < -0.39 is 0 Å². The Morgan fingerprint density at radius 1 is 1.35 bits per heavy atom. The van der Waals surface area contributed by atoms with Gasteiger partial charge in [-0.25, -0.2) is 0 Å². The zero-order chi connectivity index (χ0) is 14.1. The van der Waals surface area contributed by atoms with Gasteiger partial charge in [-0.1, -0.05) is 0 Å². The number of carbonyl (C=O) groups excluding carboxylic acids is 1. The maximum Gasteiger partial charge on any atom is 0.270 e. The number of thioether (sulfide) groups is 1. The summed E-state index contributed by atoms with van der Waals surface area (Å²) in [5, 5.41) is 1.05. The van der Waals surface area contributed by atoms with Crippen LogP contribution in [0.1, 0.15) is 16.1 Å². The molecule has 2 heterocycles. The second-order valence-electron chi connectivity index (χ2n) is 4.94. The monoisotopic (exact) mass is 290 g/mol. The average Bonchev–Trinajstić information content (AvgIpc) is 2.84. The third kappa shape index (κ3) is 2.26. The van der Waals surface area contributed by atoms with Crippen LogP contribution in [0.5, 0.6) is 5.75 Å². The molecule has 0 bridgehead atoms. The second-order valence-corrected chi connectivity index (χ2v) is 6.17. The normalized spacial score (nSPS) is 15.6. The Kier molecular flexibility index (Phi) is 3.61. The molecule has 4 nitrogen and oxygen atoms in total. The number of fused-ring (bicyclic) bond motifs is 1. The zero-order valence-corrected chi connectivity index (χ0v) is 12.5. The highest BCUT2D eigenvalue weighted by molar-refractivity contribution is 7.99. The molecule has 1 aliphatic rings. The number of methoxy groups -OCH3 is 1. The van der Waals surface area contributed by atoms with Crippen molar-refractivity contribution in [2.24, 2.45) is 0 Å². The molecule has 1 aromatic carbocycles. The molecular weight excluding hydrogens is 272 g/mol. The highest BCUT2D eigenvalue weighted by Gasteiger charge is 2.22. The van der Waals surface area contributed by atoms with Gasteiger partial charge in [0, 0.05) is 35.5 Å². The Hall–Kier alpha value is -1.62. The summed E-state index contributed by atoms with van der Waals surface area (Å²) >= 11 is 1.90. The number of rotatable bonds is 2. The molecule has 0 radical (unpaired) electrons. The lowest BCUT2D eigenvalue weighted by Crippen LogP contribution is -2.38. The maximum atomic E-state index is 12.6. The molecule has 20 heavy (non-hydrogen) atoms. The van der Waals surface area contributed by atoms with Gasteiger partial charge in [-0.3, -0.25) is 4.79 Å². The van der Waals surface area contributed by atoms with Gasteiger partial charge in [0.1, 0.15) is 11.4 Å². The number of aromatic nitrogens is 1. The Labute approximate surface area is 122 Å². The van der Waals surface area contributed by atoms with E-state index in [4.69, 9.17) is 4.74 Å². The zero-order valence-electron chi connectivity index (χ0n) is 11.7. The fourth-order valence-electron chi connectivity index (χ4n) is 2.57. The van der Waals surface area contributed by atoms with Crippen molar-refractivity contribution in [1.29, 1.82) is 0 Å². The number of nitrogens with zero attached hydrogens (tertiary/aromatic N) is 1. The summed E-state index contributed by atoms with van der Waals surface area (Å²) in [7, 11) is 1.65. The smallest absolute Gasteiger partial charge is 0.270 e. The predicted octanol–water partition coefficient (Wildman–Crippen LogP) is 2.67. The van der Waals surface area contributed by atoms with Gasteiger partial charge in [0.25, 0.3) is 5.91 Å². The number of nitrogens with one attached hydrogen (secondary N) is 1. The fraction of sp³-hybridized carbons (Fsp3) is 0.400. The van der Waals surface area contributed by atoms with Gasteiger partial charge in [-0.2, -0.15) is 11.8 Å². The van der Waals surface area contributed by atoms with Gasteiger partial charge >= 0.3 is 0 Å². The van der Waals surface area contributed by atoms with Gasteiger partial charge in [0.05, 0.1) is 7.11 Å². The number of amides is 1. The molecular formula is C15H18N2O2S. The van der Waals surface area contributed by atoms with Crippen molar-refractivity contribution in [3.05, 3.63) is 29.5 Å². The van der Waals surface area contributed by atoms with E-state index in [1.807, 2.05) is 41.8 Å². The predicted molar refractivity (Wildman–Crippen MR) is 82.8 cm³/mol. The van der Waals surface area contributed by atoms with Crippen molar-refractivity contribution < 1.29 is 9.53 Å². The molecule has 1 fully saturated rings. The third-order valence-electron chi connectivity index (χ3n) is 3.78. The Bertz CT molecular complexity index is 645. The molecule has 1 saturated heterocycles. The van der Waals surface area contributed by atoms with Crippen LogP contribution in [0.15, 0.2) is 18.2 Å². The highest BCUT2D eigenvalue weighted by atomic mass is 32.2. The van der Waals surface area contributed by atoms with Gasteiger partial charge in [0.2, 0.25) is 0 Å². The molecule has 0 atom stereocenters. The minimum atomic E-state index is 0.109. The van der Waals surface area contributed by atoms with Crippen molar-refractivity contribution in [2.75, 3.05) is 31.7 Å². The quantitative estimate of drug-likeness (QED) is 0.925. The molecule has 1 aromatic heterocycles. The largest absolute Gasteiger partial charge is 0.497 e. The van der Waals surface area contributed by atoms with Crippen molar-refractivity contribution >= 4 is 28.6 Å². The van der Waals surface area contributed by atoms with E-state index in [1.54, 1.807) is 7.11 Å².